The Morgan fingerprint density at radius 3 is 2.94 bits per heavy atom. The lowest BCUT2D eigenvalue weighted by Crippen LogP contribution is -2.22. The van der Waals surface area contributed by atoms with Crippen molar-refractivity contribution in [2.24, 2.45) is 0 Å². The number of aryl methyl sites for hydroxylation is 1. The molecule has 2 atom stereocenters. The molecule has 0 bridgehead atoms. The molecular weight excluding hydrogens is 226 g/mol. The third kappa shape index (κ3) is 3.03. The van der Waals surface area contributed by atoms with E-state index in [0.717, 1.165) is 18.8 Å². The lowest BCUT2D eigenvalue weighted by Gasteiger charge is -2.22. The van der Waals surface area contributed by atoms with Crippen LogP contribution in [0.15, 0.2) is 18.2 Å². The van der Waals surface area contributed by atoms with Gasteiger partial charge in [0.1, 0.15) is 5.75 Å². The van der Waals surface area contributed by atoms with E-state index in [2.05, 4.69) is 24.4 Å². The Hall–Kier alpha value is -1.06. The largest absolute Gasteiger partial charge is 0.496 e. The Labute approximate surface area is 109 Å². The summed E-state index contributed by atoms with van der Waals surface area (Å²) in [6.45, 7) is 3.02. The Morgan fingerprint density at radius 1 is 1.50 bits per heavy atom. The molecule has 1 aromatic rings. The van der Waals surface area contributed by atoms with Crippen LogP contribution in [0, 0.1) is 6.92 Å². The summed E-state index contributed by atoms with van der Waals surface area (Å²) < 4.78 is 11.2. The van der Waals surface area contributed by atoms with Crippen LogP contribution in [0.5, 0.6) is 5.75 Å². The summed E-state index contributed by atoms with van der Waals surface area (Å²) in [4.78, 5) is 0. The van der Waals surface area contributed by atoms with E-state index < -0.39 is 0 Å². The number of ether oxygens (including phenoxy) is 2. The van der Waals surface area contributed by atoms with E-state index in [1.165, 1.54) is 24.0 Å². The molecule has 0 aliphatic carbocycles. The van der Waals surface area contributed by atoms with Gasteiger partial charge in [0.2, 0.25) is 0 Å². The molecular formula is C15H23NO2. The van der Waals surface area contributed by atoms with Gasteiger partial charge in [-0.25, -0.2) is 0 Å². The summed E-state index contributed by atoms with van der Waals surface area (Å²) in [5, 5.41) is 3.39. The van der Waals surface area contributed by atoms with Crippen molar-refractivity contribution in [2.45, 2.75) is 38.3 Å². The van der Waals surface area contributed by atoms with E-state index >= 15 is 0 Å². The van der Waals surface area contributed by atoms with E-state index in [9.17, 15) is 0 Å². The van der Waals surface area contributed by atoms with E-state index in [-0.39, 0.29) is 0 Å². The Kier molecular flexibility index (Phi) is 4.61. The molecule has 0 amide bonds. The Balaban J connectivity index is 2.17. The highest BCUT2D eigenvalue weighted by Crippen LogP contribution is 2.31. The van der Waals surface area contributed by atoms with Crippen LogP contribution in [-0.2, 0) is 4.74 Å². The Morgan fingerprint density at radius 2 is 2.33 bits per heavy atom. The van der Waals surface area contributed by atoms with Gasteiger partial charge in [-0.1, -0.05) is 17.7 Å². The minimum absolute atomic E-state index is 0.294. The molecule has 1 heterocycles. The fourth-order valence-corrected chi connectivity index (χ4v) is 2.62. The van der Waals surface area contributed by atoms with Gasteiger partial charge in [0.05, 0.1) is 13.2 Å². The van der Waals surface area contributed by atoms with Crippen LogP contribution in [0.3, 0.4) is 0 Å². The summed E-state index contributed by atoms with van der Waals surface area (Å²) in [5.41, 5.74) is 2.49. The van der Waals surface area contributed by atoms with Crippen LogP contribution < -0.4 is 10.1 Å². The van der Waals surface area contributed by atoms with Gasteiger partial charge in [0.15, 0.2) is 0 Å². The first-order valence-corrected chi connectivity index (χ1v) is 6.68. The third-order valence-electron chi connectivity index (χ3n) is 3.63. The lowest BCUT2D eigenvalue weighted by atomic mass is 9.97. The van der Waals surface area contributed by atoms with Gasteiger partial charge in [-0.2, -0.15) is 0 Å². The molecule has 0 spiro atoms. The summed E-state index contributed by atoms with van der Waals surface area (Å²) >= 11 is 0. The number of rotatable bonds is 5. The topological polar surface area (TPSA) is 30.5 Å². The molecule has 1 saturated heterocycles. The Bertz CT molecular complexity index is 386. The van der Waals surface area contributed by atoms with E-state index in [4.69, 9.17) is 9.47 Å². The van der Waals surface area contributed by atoms with Gasteiger partial charge in [0, 0.05) is 18.2 Å². The van der Waals surface area contributed by atoms with Crippen LogP contribution in [0.1, 0.15) is 36.4 Å². The fraction of sp³-hybridized carbons (Fsp3) is 0.600. The summed E-state index contributed by atoms with van der Waals surface area (Å²) in [5.74, 6) is 0.956. The van der Waals surface area contributed by atoms with Gasteiger partial charge in [-0.05, 0) is 39.3 Å². The maximum Gasteiger partial charge on any atom is 0.123 e. The second kappa shape index (κ2) is 6.21. The lowest BCUT2D eigenvalue weighted by molar-refractivity contribution is 0.0951. The zero-order valence-electron chi connectivity index (χ0n) is 11.5. The minimum Gasteiger partial charge on any atom is -0.496 e. The minimum atomic E-state index is 0.294. The first-order chi connectivity index (χ1) is 8.74. The highest BCUT2D eigenvalue weighted by molar-refractivity contribution is 5.39. The van der Waals surface area contributed by atoms with Crippen molar-refractivity contribution in [3.8, 4) is 5.75 Å². The van der Waals surface area contributed by atoms with Crippen molar-refractivity contribution in [1.29, 1.82) is 0 Å². The van der Waals surface area contributed by atoms with Crippen molar-refractivity contribution in [3.63, 3.8) is 0 Å². The average Bonchev–Trinajstić information content (AvgIpc) is 2.88. The van der Waals surface area contributed by atoms with Gasteiger partial charge in [-0.3, -0.25) is 0 Å². The molecule has 0 radical (unpaired) electrons. The molecule has 18 heavy (non-hydrogen) atoms. The van der Waals surface area contributed by atoms with Crippen LogP contribution in [0.2, 0.25) is 0 Å². The zero-order valence-corrected chi connectivity index (χ0v) is 11.5. The maximum absolute atomic E-state index is 5.73. The quantitative estimate of drug-likeness (QED) is 0.870. The van der Waals surface area contributed by atoms with Crippen molar-refractivity contribution in [3.05, 3.63) is 29.3 Å². The number of hydrogen-bond donors (Lipinski definition) is 1. The standard InChI is InChI=1S/C15H23NO2/c1-11-6-7-15(17-3)13(9-11)14(16-2)10-12-5-4-8-18-12/h6-7,9,12,14,16H,4-5,8,10H2,1-3H3. The second-order valence-electron chi connectivity index (χ2n) is 4.96. The first kappa shape index (κ1) is 13.4. The van der Waals surface area contributed by atoms with Crippen molar-refractivity contribution >= 4 is 0 Å². The first-order valence-electron chi connectivity index (χ1n) is 6.68. The monoisotopic (exact) mass is 249 g/mol. The molecule has 3 heteroatoms. The average molecular weight is 249 g/mol. The fourth-order valence-electron chi connectivity index (χ4n) is 2.62. The molecule has 2 rings (SSSR count). The molecule has 1 aliphatic heterocycles. The van der Waals surface area contributed by atoms with Gasteiger partial charge < -0.3 is 14.8 Å². The van der Waals surface area contributed by atoms with E-state index in [1.54, 1.807) is 7.11 Å². The highest BCUT2D eigenvalue weighted by Gasteiger charge is 2.23. The number of hydrogen-bond acceptors (Lipinski definition) is 3. The van der Waals surface area contributed by atoms with Crippen molar-refractivity contribution in [2.75, 3.05) is 20.8 Å². The molecule has 3 nitrogen and oxygen atoms in total. The number of methoxy groups -OCH3 is 1. The third-order valence-corrected chi connectivity index (χ3v) is 3.63. The predicted octanol–water partition coefficient (Wildman–Crippen LogP) is 2.83. The van der Waals surface area contributed by atoms with Crippen LogP contribution in [-0.4, -0.2) is 26.9 Å². The molecule has 1 fully saturated rings. The molecule has 100 valence electrons. The van der Waals surface area contributed by atoms with Crippen LogP contribution >= 0.6 is 0 Å². The van der Waals surface area contributed by atoms with Gasteiger partial charge in [0.25, 0.3) is 0 Å². The van der Waals surface area contributed by atoms with Gasteiger partial charge >= 0.3 is 0 Å². The van der Waals surface area contributed by atoms with Crippen molar-refractivity contribution < 1.29 is 9.47 Å². The van der Waals surface area contributed by atoms with E-state index in [0.29, 0.717) is 12.1 Å². The van der Waals surface area contributed by atoms with Crippen molar-refractivity contribution in [1.82, 2.24) is 5.32 Å². The normalized spacial score (nSPS) is 20.9. The molecule has 0 aromatic heterocycles. The van der Waals surface area contributed by atoms with E-state index in [1.807, 2.05) is 13.1 Å². The molecule has 1 aromatic carbocycles. The van der Waals surface area contributed by atoms with Crippen LogP contribution in [0.4, 0.5) is 0 Å². The molecule has 1 N–H and O–H groups in total. The smallest absolute Gasteiger partial charge is 0.123 e. The number of nitrogens with one attached hydrogen (secondary N) is 1. The summed E-state index contributed by atoms with van der Waals surface area (Å²) in [6.07, 6.45) is 3.75. The predicted molar refractivity (Wildman–Crippen MR) is 73.1 cm³/mol. The van der Waals surface area contributed by atoms with Gasteiger partial charge in [-0.15, -0.1) is 0 Å². The maximum atomic E-state index is 5.73. The highest BCUT2D eigenvalue weighted by atomic mass is 16.5. The number of benzene rings is 1. The SMILES string of the molecule is CNC(CC1CCCO1)c1cc(C)ccc1OC. The zero-order chi connectivity index (χ0) is 13.0. The second-order valence-corrected chi connectivity index (χ2v) is 4.96. The van der Waals surface area contributed by atoms with Crippen LogP contribution in [0.25, 0.3) is 0 Å². The molecule has 0 saturated carbocycles. The molecule has 2 unspecified atom stereocenters. The summed E-state index contributed by atoms with van der Waals surface area (Å²) in [7, 11) is 3.73. The molecule has 1 aliphatic rings. The summed E-state index contributed by atoms with van der Waals surface area (Å²) in [6, 6.07) is 6.63.